The van der Waals surface area contributed by atoms with Gasteiger partial charge in [-0.3, -0.25) is 0 Å². The molecule has 0 aromatic heterocycles. The zero-order valence-corrected chi connectivity index (χ0v) is 10.1. The van der Waals surface area contributed by atoms with E-state index < -0.39 is 0 Å². The van der Waals surface area contributed by atoms with Crippen molar-refractivity contribution in [2.45, 2.75) is 53.9 Å². The molecule has 0 saturated carbocycles. The summed E-state index contributed by atoms with van der Waals surface area (Å²) < 4.78 is 0. The molecule has 0 aliphatic carbocycles. The first kappa shape index (κ1) is 12.7. The van der Waals surface area contributed by atoms with Gasteiger partial charge < -0.3 is 0 Å². The van der Waals surface area contributed by atoms with Crippen molar-refractivity contribution in [3.8, 4) is 0 Å². The van der Waals surface area contributed by atoms with Gasteiger partial charge in [0.05, 0.1) is 0 Å². The Balaban J connectivity index is 4.18. The fraction of sp³-hybridized carbons (Fsp3) is 0.846. The highest BCUT2D eigenvalue weighted by Crippen LogP contribution is 2.30. The molecule has 0 aromatic carbocycles. The average molecular weight is 182 g/mol. The van der Waals surface area contributed by atoms with Crippen LogP contribution in [0.4, 0.5) is 0 Å². The van der Waals surface area contributed by atoms with Crippen molar-refractivity contribution in [1.29, 1.82) is 0 Å². The Morgan fingerprint density at radius 3 is 2.08 bits per heavy atom. The van der Waals surface area contributed by atoms with E-state index in [0.29, 0.717) is 0 Å². The molecule has 0 spiro atoms. The summed E-state index contributed by atoms with van der Waals surface area (Å²) in [6, 6.07) is 0. The third kappa shape index (κ3) is 3.97. The summed E-state index contributed by atoms with van der Waals surface area (Å²) in [5.74, 6) is 2.36. The lowest BCUT2D eigenvalue weighted by Gasteiger charge is -2.28. The molecule has 78 valence electrons. The van der Waals surface area contributed by atoms with Crippen LogP contribution in [0.25, 0.3) is 0 Å². The Hall–Kier alpha value is -0.260. The normalized spacial score (nSPS) is 17.9. The van der Waals surface area contributed by atoms with Crippen LogP contribution in [0.1, 0.15) is 53.9 Å². The Bertz CT molecular complexity index is 146. The molecule has 0 heteroatoms. The molecule has 0 bridgehead atoms. The molecule has 0 rings (SSSR count). The first-order valence-electron chi connectivity index (χ1n) is 5.69. The topological polar surface area (TPSA) is 0 Å². The largest absolute Gasteiger partial charge is 0.0999 e. The van der Waals surface area contributed by atoms with Crippen LogP contribution >= 0.6 is 0 Å². The van der Waals surface area contributed by atoms with Crippen LogP contribution in [0.15, 0.2) is 12.2 Å². The Labute approximate surface area is 84.4 Å². The van der Waals surface area contributed by atoms with Crippen LogP contribution < -0.4 is 0 Å². The molecule has 0 saturated heterocycles. The zero-order chi connectivity index (χ0) is 10.4. The maximum absolute atomic E-state index is 4.09. The van der Waals surface area contributed by atoms with Crippen LogP contribution in [0.2, 0.25) is 0 Å². The van der Waals surface area contributed by atoms with Crippen molar-refractivity contribution in [3.05, 3.63) is 12.2 Å². The quantitative estimate of drug-likeness (QED) is 0.524. The number of hydrogen-bond acceptors (Lipinski definition) is 0. The molecule has 0 heterocycles. The summed E-state index contributed by atoms with van der Waals surface area (Å²) >= 11 is 0. The summed E-state index contributed by atoms with van der Waals surface area (Å²) in [4.78, 5) is 0. The van der Waals surface area contributed by atoms with E-state index in [1.165, 1.54) is 24.8 Å². The Morgan fingerprint density at radius 1 is 1.23 bits per heavy atom. The van der Waals surface area contributed by atoms with Crippen molar-refractivity contribution in [2.75, 3.05) is 0 Å². The average Bonchev–Trinajstić information content (AvgIpc) is 2.05. The Kier molecular flexibility index (Phi) is 6.11. The molecule has 13 heavy (non-hydrogen) atoms. The minimum atomic E-state index is 0.724. The molecule has 0 fully saturated rings. The summed E-state index contributed by atoms with van der Waals surface area (Å²) in [5, 5.41) is 0. The van der Waals surface area contributed by atoms with Gasteiger partial charge in [0, 0.05) is 0 Å². The first-order chi connectivity index (χ1) is 6.04. The van der Waals surface area contributed by atoms with E-state index in [1.807, 2.05) is 0 Å². The number of rotatable bonds is 6. The molecule has 0 aliphatic rings. The van der Waals surface area contributed by atoms with Gasteiger partial charge in [-0.25, -0.2) is 0 Å². The van der Waals surface area contributed by atoms with Gasteiger partial charge >= 0.3 is 0 Å². The fourth-order valence-electron chi connectivity index (χ4n) is 2.28. The van der Waals surface area contributed by atoms with E-state index in [4.69, 9.17) is 0 Å². The maximum Gasteiger partial charge on any atom is -0.0183 e. The monoisotopic (exact) mass is 182 g/mol. The molecular formula is C13H26. The predicted molar refractivity (Wildman–Crippen MR) is 61.8 cm³/mol. The van der Waals surface area contributed by atoms with Crippen molar-refractivity contribution in [2.24, 2.45) is 17.8 Å². The van der Waals surface area contributed by atoms with Crippen molar-refractivity contribution >= 4 is 0 Å². The second-order valence-electron chi connectivity index (χ2n) is 4.49. The zero-order valence-electron chi connectivity index (χ0n) is 10.1. The van der Waals surface area contributed by atoms with Gasteiger partial charge in [0.25, 0.3) is 0 Å². The lowest BCUT2D eigenvalue weighted by atomic mass is 9.77. The van der Waals surface area contributed by atoms with Crippen LogP contribution in [-0.2, 0) is 0 Å². The lowest BCUT2D eigenvalue weighted by Crippen LogP contribution is -2.19. The van der Waals surface area contributed by atoms with E-state index in [0.717, 1.165) is 17.8 Å². The number of hydrogen-bond donors (Lipinski definition) is 0. The molecular weight excluding hydrogens is 156 g/mol. The van der Waals surface area contributed by atoms with Crippen LogP contribution in [-0.4, -0.2) is 0 Å². The van der Waals surface area contributed by atoms with E-state index in [1.54, 1.807) is 0 Å². The Morgan fingerprint density at radius 2 is 1.77 bits per heavy atom. The van der Waals surface area contributed by atoms with Crippen molar-refractivity contribution in [3.63, 3.8) is 0 Å². The van der Waals surface area contributed by atoms with Crippen LogP contribution in [0.3, 0.4) is 0 Å². The maximum atomic E-state index is 4.09. The van der Waals surface area contributed by atoms with Gasteiger partial charge in [-0.05, 0) is 31.1 Å². The SMILES string of the molecule is C=C(C)C(CC)C(C)C(C)CCC. The minimum absolute atomic E-state index is 0.724. The summed E-state index contributed by atoms with van der Waals surface area (Å²) in [6.07, 6.45) is 3.90. The highest BCUT2D eigenvalue weighted by atomic mass is 14.3. The second kappa shape index (κ2) is 6.23. The summed E-state index contributed by atoms with van der Waals surface area (Å²) in [7, 11) is 0. The van der Waals surface area contributed by atoms with Gasteiger partial charge in [0.15, 0.2) is 0 Å². The molecule has 0 radical (unpaired) electrons. The van der Waals surface area contributed by atoms with Gasteiger partial charge in [0.1, 0.15) is 0 Å². The van der Waals surface area contributed by atoms with Crippen molar-refractivity contribution in [1.82, 2.24) is 0 Å². The van der Waals surface area contributed by atoms with Crippen LogP contribution in [0, 0.1) is 17.8 Å². The minimum Gasteiger partial charge on any atom is -0.0999 e. The summed E-state index contributed by atoms with van der Waals surface area (Å²) in [6.45, 7) is 15.6. The fourth-order valence-corrected chi connectivity index (χ4v) is 2.28. The molecule has 3 atom stereocenters. The lowest BCUT2D eigenvalue weighted by molar-refractivity contribution is 0.272. The second-order valence-corrected chi connectivity index (χ2v) is 4.49. The predicted octanol–water partition coefficient (Wildman–Crippen LogP) is 4.66. The number of allylic oxidation sites excluding steroid dienone is 1. The van der Waals surface area contributed by atoms with Crippen LogP contribution in [0.5, 0.6) is 0 Å². The van der Waals surface area contributed by atoms with E-state index in [2.05, 4.69) is 41.2 Å². The van der Waals surface area contributed by atoms with Gasteiger partial charge in [0.2, 0.25) is 0 Å². The first-order valence-corrected chi connectivity index (χ1v) is 5.69. The highest BCUT2D eigenvalue weighted by Gasteiger charge is 2.20. The third-order valence-corrected chi connectivity index (χ3v) is 3.35. The standard InChI is InChI=1S/C13H26/c1-7-9-11(5)12(6)13(8-2)10(3)4/h11-13H,3,7-9H2,1-2,4-6H3. The van der Waals surface area contributed by atoms with Gasteiger partial charge in [-0.2, -0.15) is 0 Å². The molecule has 3 unspecified atom stereocenters. The van der Waals surface area contributed by atoms with E-state index >= 15 is 0 Å². The molecule has 0 aromatic rings. The smallest absolute Gasteiger partial charge is 0.0183 e. The third-order valence-electron chi connectivity index (χ3n) is 3.35. The molecule has 0 amide bonds. The molecule has 0 nitrogen and oxygen atoms in total. The highest BCUT2D eigenvalue weighted by molar-refractivity contribution is 4.98. The summed E-state index contributed by atoms with van der Waals surface area (Å²) in [5.41, 5.74) is 1.36. The molecule has 0 aliphatic heterocycles. The van der Waals surface area contributed by atoms with Gasteiger partial charge in [-0.1, -0.05) is 52.7 Å². The van der Waals surface area contributed by atoms with Gasteiger partial charge in [-0.15, -0.1) is 0 Å². The van der Waals surface area contributed by atoms with E-state index in [-0.39, 0.29) is 0 Å². The van der Waals surface area contributed by atoms with E-state index in [9.17, 15) is 0 Å². The van der Waals surface area contributed by atoms with Crippen molar-refractivity contribution < 1.29 is 0 Å². The molecule has 0 N–H and O–H groups in total.